The van der Waals surface area contributed by atoms with Crippen molar-refractivity contribution in [1.29, 1.82) is 0 Å². The average molecular weight is 264 g/mol. The maximum Gasteiger partial charge on any atom is 0.122 e. The van der Waals surface area contributed by atoms with Gasteiger partial charge in [0.25, 0.3) is 0 Å². The topological polar surface area (TPSA) is 28.4 Å². The first-order valence-corrected chi connectivity index (χ1v) is 7.19. The van der Waals surface area contributed by atoms with Crippen LogP contribution in [0, 0.1) is 0 Å². The third kappa shape index (κ3) is 3.70. The van der Waals surface area contributed by atoms with E-state index in [1.165, 1.54) is 11.1 Å². The summed E-state index contributed by atoms with van der Waals surface area (Å²) in [5, 5.41) is 7.62. The monoisotopic (exact) mass is 264 g/mol. The molecule has 2 rings (SSSR count). The Bertz CT molecular complexity index is 450. The maximum atomic E-state index is 5.52. The predicted octanol–water partition coefficient (Wildman–Crippen LogP) is 3.08. The number of nitrogens with zero attached hydrogens (tertiary/aromatic N) is 1. The van der Waals surface area contributed by atoms with Crippen molar-refractivity contribution in [2.45, 2.75) is 26.6 Å². The lowest BCUT2D eigenvalue weighted by Crippen LogP contribution is -2.19. The molecular weight excluding hydrogens is 244 g/mol. The van der Waals surface area contributed by atoms with Crippen LogP contribution in [0.15, 0.2) is 33.6 Å². The van der Waals surface area contributed by atoms with Gasteiger partial charge in [-0.25, -0.2) is 0 Å². The Labute approximate surface area is 112 Å². The minimum absolute atomic E-state index is 0.811. The Morgan fingerprint density at radius 3 is 2.94 bits per heavy atom. The van der Waals surface area contributed by atoms with E-state index in [-0.39, 0.29) is 0 Å². The molecule has 0 fully saturated rings. The Hall–Kier alpha value is -1.10. The van der Waals surface area contributed by atoms with Gasteiger partial charge in [0.15, 0.2) is 0 Å². The smallest absolute Gasteiger partial charge is 0.122 e. The van der Waals surface area contributed by atoms with Crippen LogP contribution in [0.3, 0.4) is 0 Å². The number of nitrogens with one attached hydrogen (secondary N) is 1. The van der Waals surface area contributed by atoms with Crippen molar-refractivity contribution >= 4 is 11.3 Å². The summed E-state index contributed by atoms with van der Waals surface area (Å²) in [6, 6.07) is 4.24. The summed E-state index contributed by atoms with van der Waals surface area (Å²) < 4.78 is 5.52. The molecule has 98 valence electrons. The molecule has 1 N–H and O–H groups in total. The van der Waals surface area contributed by atoms with Crippen molar-refractivity contribution in [3.63, 3.8) is 0 Å². The van der Waals surface area contributed by atoms with Gasteiger partial charge in [-0.1, -0.05) is 6.92 Å². The summed E-state index contributed by atoms with van der Waals surface area (Å²) in [7, 11) is 2.14. The fourth-order valence-corrected chi connectivity index (χ4v) is 2.60. The second kappa shape index (κ2) is 6.73. The van der Waals surface area contributed by atoms with Crippen LogP contribution in [0.2, 0.25) is 0 Å². The van der Waals surface area contributed by atoms with E-state index in [1.54, 1.807) is 17.6 Å². The van der Waals surface area contributed by atoms with Crippen LogP contribution < -0.4 is 5.32 Å². The summed E-state index contributed by atoms with van der Waals surface area (Å²) in [5.41, 5.74) is 2.65. The first kappa shape index (κ1) is 13.3. The van der Waals surface area contributed by atoms with E-state index >= 15 is 0 Å². The molecule has 0 amide bonds. The van der Waals surface area contributed by atoms with Gasteiger partial charge in [-0.15, -0.1) is 0 Å². The summed E-state index contributed by atoms with van der Waals surface area (Å²) in [6.45, 7) is 5.78. The summed E-state index contributed by atoms with van der Waals surface area (Å²) in [6.07, 6.45) is 1.78. The lowest BCUT2D eigenvalue weighted by molar-refractivity contribution is 0.315. The van der Waals surface area contributed by atoms with Crippen LogP contribution in [0.1, 0.15) is 23.8 Å². The SMILES string of the molecule is CCNCc1occc1CN(C)Cc1ccsc1. The molecule has 0 atom stereocenters. The quantitative estimate of drug-likeness (QED) is 0.833. The first-order valence-electron chi connectivity index (χ1n) is 6.25. The molecule has 0 unspecified atom stereocenters. The van der Waals surface area contributed by atoms with Crippen molar-refractivity contribution in [2.75, 3.05) is 13.6 Å². The lowest BCUT2D eigenvalue weighted by Gasteiger charge is -2.15. The molecule has 0 saturated heterocycles. The minimum Gasteiger partial charge on any atom is -0.468 e. The zero-order chi connectivity index (χ0) is 12.8. The van der Waals surface area contributed by atoms with Crippen molar-refractivity contribution in [3.8, 4) is 0 Å². The van der Waals surface area contributed by atoms with Gasteiger partial charge in [-0.2, -0.15) is 11.3 Å². The van der Waals surface area contributed by atoms with Gasteiger partial charge in [-0.3, -0.25) is 4.90 Å². The molecule has 3 nitrogen and oxygen atoms in total. The van der Waals surface area contributed by atoms with Crippen LogP contribution in [-0.4, -0.2) is 18.5 Å². The molecule has 0 aliphatic carbocycles. The standard InChI is InChI=1S/C14H20N2OS/c1-3-15-8-14-13(4-6-17-14)10-16(2)9-12-5-7-18-11-12/h4-7,11,15H,3,8-10H2,1-2H3. The average Bonchev–Trinajstić information content (AvgIpc) is 2.98. The van der Waals surface area contributed by atoms with E-state index in [4.69, 9.17) is 4.42 Å². The molecule has 0 saturated carbocycles. The molecule has 0 aliphatic heterocycles. The van der Waals surface area contributed by atoms with Gasteiger partial charge in [0.2, 0.25) is 0 Å². The number of hydrogen-bond donors (Lipinski definition) is 1. The molecule has 0 spiro atoms. The Morgan fingerprint density at radius 1 is 1.33 bits per heavy atom. The fraction of sp³-hybridized carbons (Fsp3) is 0.429. The Balaban J connectivity index is 1.90. The van der Waals surface area contributed by atoms with Gasteiger partial charge < -0.3 is 9.73 Å². The van der Waals surface area contributed by atoms with E-state index in [0.717, 1.165) is 31.9 Å². The van der Waals surface area contributed by atoms with Crippen molar-refractivity contribution in [2.24, 2.45) is 0 Å². The number of thiophene rings is 1. The number of hydrogen-bond acceptors (Lipinski definition) is 4. The van der Waals surface area contributed by atoms with Gasteiger partial charge in [0.1, 0.15) is 5.76 Å². The first-order chi connectivity index (χ1) is 8.79. The van der Waals surface area contributed by atoms with Crippen molar-refractivity contribution < 1.29 is 4.42 Å². The van der Waals surface area contributed by atoms with Gasteiger partial charge >= 0.3 is 0 Å². The number of rotatable bonds is 7. The predicted molar refractivity (Wildman–Crippen MR) is 75.6 cm³/mol. The van der Waals surface area contributed by atoms with Crippen molar-refractivity contribution in [1.82, 2.24) is 10.2 Å². The third-order valence-electron chi connectivity index (χ3n) is 2.85. The molecular formula is C14H20N2OS. The van der Waals surface area contributed by atoms with E-state index in [0.29, 0.717) is 0 Å². The maximum absolute atomic E-state index is 5.52. The van der Waals surface area contributed by atoms with E-state index in [2.05, 4.69) is 47.1 Å². The minimum atomic E-state index is 0.811. The van der Waals surface area contributed by atoms with Crippen molar-refractivity contribution in [3.05, 3.63) is 46.0 Å². The molecule has 4 heteroatoms. The van der Waals surface area contributed by atoms with Crippen LogP contribution in [-0.2, 0) is 19.6 Å². The highest BCUT2D eigenvalue weighted by Gasteiger charge is 2.09. The molecule has 0 aromatic carbocycles. The zero-order valence-corrected chi connectivity index (χ0v) is 11.8. The normalized spacial score (nSPS) is 11.3. The van der Waals surface area contributed by atoms with Gasteiger partial charge in [0.05, 0.1) is 12.8 Å². The highest BCUT2D eigenvalue weighted by molar-refractivity contribution is 7.07. The van der Waals surface area contributed by atoms with Gasteiger partial charge in [0, 0.05) is 18.7 Å². The lowest BCUT2D eigenvalue weighted by atomic mass is 10.2. The zero-order valence-electron chi connectivity index (χ0n) is 11.0. The molecule has 2 heterocycles. The summed E-state index contributed by atoms with van der Waals surface area (Å²) in [5.74, 6) is 1.05. The molecule has 0 radical (unpaired) electrons. The van der Waals surface area contributed by atoms with Crippen LogP contribution in [0.25, 0.3) is 0 Å². The highest BCUT2D eigenvalue weighted by Crippen LogP contribution is 2.15. The van der Waals surface area contributed by atoms with E-state index in [1.807, 2.05) is 0 Å². The molecule has 2 aromatic rings. The number of furan rings is 1. The molecule has 0 bridgehead atoms. The van der Waals surface area contributed by atoms with Crippen LogP contribution in [0.5, 0.6) is 0 Å². The van der Waals surface area contributed by atoms with Gasteiger partial charge in [-0.05, 0) is 42.0 Å². The van der Waals surface area contributed by atoms with E-state index in [9.17, 15) is 0 Å². The summed E-state index contributed by atoms with van der Waals surface area (Å²) >= 11 is 1.75. The summed E-state index contributed by atoms with van der Waals surface area (Å²) in [4.78, 5) is 2.31. The third-order valence-corrected chi connectivity index (χ3v) is 3.58. The second-order valence-corrected chi connectivity index (χ2v) is 5.23. The van der Waals surface area contributed by atoms with Crippen LogP contribution in [0.4, 0.5) is 0 Å². The molecule has 2 aromatic heterocycles. The molecule has 0 aliphatic rings. The largest absolute Gasteiger partial charge is 0.468 e. The highest BCUT2D eigenvalue weighted by atomic mass is 32.1. The Morgan fingerprint density at radius 2 is 2.22 bits per heavy atom. The second-order valence-electron chi connectivity index (χ2n) is 4.45. The Kier molecular flexibility index (Phi) is 4.99. The van der Waals surface area contributed by atoms with Crippen LogP contribution >= 0.6 is 11.3 Å². The fourth-order valence-electron chi connectivity index (χ4n) is 1.94. The van der Waals surface area contributed by atoms with E-state index < -0.39 is 0 Å². The molecule has 18 heavy (non-hydrogen) atoms.